The maximum atomic E-state index is 14.0. The minimum atomic E-state index is -2.91. The Morgan fingerprint density at radius 1 is 1.02 bits per heavy atom. The second-order valence-electron chi connectivity index (χ2n) is 14.5. The lowest BCUT2D eigenvalue weighted by Crippen LogP contribution is -2.42. The van der Waals surface area contributed by atoms with Crippen molar-refractivity contribution in [2.45, 2.75) is 90.2 Å². The number of carbonyl (C=O) groups is 3. The number of halogens is 2. The van der Waals surface area contributed by atoms with Gasteiger partial charge in [-0.15, -0.1) is 0 Å². The number of likely N-dealkylation sites (tertiary alicyclic amines) is 2. The number of aromatic nitrogens is 4. The summed E-state index contributed by atoms with van der Waals surface area (Å²) in [6.45, 7) is 8.61. The third-order valence-corrected chi connectivity index (χ3v) is 9.45. The maximum absolute atomic E-state index is 14.0. The average molecular weight is 697 g/mol. The van der Waals surface area contributed by atoms with Crippen LogP contribution in [0.25, 0.3) is 11.5 Å². The van der Waals surface area contributed by atoms with Crippen molar-refractivity contribution < 1.29 is 32.3 Å². The summed E-state index contributed by atoms with van der Waals surface area (Å²) < 4.78 is 40.5. The zero-order valence-corrected chi connectivity index (χ0v) is 28.9. The molecule has 1 saturated carbocycles. The molecule has 50 heavy (non-hydrogen) atoms. The van der Waals surface area contributed by atoms with E-state index in [1.54, 1.807) is 23.2 Å². The largest absolute Gasteiger partial charge is 0.444 e. The van der Waals surface area contributed by atoms with E-state index in [9.17, 15) is 23.2 Å². The minimum absolute atomic E-state index is 0.0577. The molecule has 15 heteroatoms. The van der Waals surface area contributed by atoms with Crippen LogP contribution in [-0.2, 0) is 9.53 Å². The third-order valence-electron chi connectivity index (χ3n) is 9.45. The summed E-state index contributed by atoms with van der Waals surface area (Å²) in [5.74, 6) is 1.30. The molecule has 270 valence electrons. The Kier molecular flexibility index (Phi) is 10.7. The van der Waals surface area contributed by atoms with Crippen LogP contribution in [-0.4, -0.2) is 85.8 Å². The smallest absolute Gasteiger partial charge is 0.410 e. The van der Waals surface area contributed by atoms with Crippen LogP contribution < -0.4 is 10.6 Å². The Morgan fingerprint density at radius 3 is 2.42 bits per heavy atom. The van der Waals surface area contributed by atoms with E-state index < -0.39 is 23.6 Å². The molecular weight excluding hydrogens is 650 g/mol. The van der Waals surface area contributed by atoms with Crippen molar-refractivity contribution in [3.63, 3.8) is 0 Å². The molecule has 2 N–H and O–H groups in total. The molecule has 3 aromatic heterocycles. The van der Waals surface area contributed by atoms with E-state index in [2.05, 4.69) is 25.7 Å². The van der Waals surface area contributed by atoms with Crippen molar-refractivity contribution in [2.75, 3.05) is 43.4 Å². The number of alkyl halides is 2. The molecule has 6 rings (SSSR count). The zero-order chi connectivity index (χ0) is 35.4. The standard InChI is InChI=1S/C35H46F2N8O5/c1-35(2,3)50-34(48)44-14-9-22(10-15-44)6-7-29(46)43-16-11-25(12-17-43)45-20-26(30(42-45)31(36)37)40-32(47)27-21-49-33(41-27)24-8-13-38-28(18-24)39-19-23-4-5-23/h8,13,18,20-23,25,31H,4-7,9-12,14-17,19H2,1-3H3,(H,38,39)(H,40,47). The number of anilines is 2. The van der Waals surface area contributed by atoms with Crippen LogP contribution >= 0.6 is 0 Å². The van der Waals surface area contributed by atoms with Gasteiger partial charge in [0.05, 0.1) is 11.7 Å². The highest BCUT2D eigenvalue weighted by Crippen LogP contribution is 2.32. The number of rotatable bonds is 11. The van der Waals surface area contributed by atoms with E-state index in [-0.39, 0.29) is 35.3 Å². The van der Waals surface area contributed by atoms with Crippen molar-refractivity contribution in [1.29, 1.82) is 0 Å². The fourth-order valence-electron chi connectivity index (χ4n) is 6.37. The minimum Gasteiger partial charge on any atom is -0.444 e. The Morgan fingerprint density at radius 2 is 1.74 bits per heavy atom. The predicted molar refractivity (Wildman–Crippen MR) is 181 cm³/mol. The van der Waals surface area contributed by atoms with Crippen LogP contribution in [0.4, 0.5) is 25.1 Å². The molecule has 0 unspecified atom stereocenters. The van der Waals surface area contributed by atoms with E-state index >= 15 is 0 Å². The van der Waals surface area contributed by atoms with Gasteiger partial charge in [0.2, 0.25) is 11.8 Å². The molecule has 0 radical (unpaired) electrons. The molecule has 1 aliphatic carbocycles. The van der Waals surface area contributed by atoms with Crippen molar-refractivity contribution in [2.24, 2.45) is 11.8 Å². The van der Waals surface area contributed by atoms with Gasteiger partial charge in [0.15, 0.2) is 11.4 Å². The van der Waals surface area contributed by atoms with Crippen molar-refractivity contribution >= 4 is 29.4 Å². The highest BCUT2D eigenvalue weighted by molar-refractivity contribution is 6.03. The third kappa shape index (κ3) is 9.16. The topological polar surface area (TPSA) is 148 Å². The first kappa shape index (κ1) is 35.3. The normalized spacial score (nSPS) is 17.6. The Labute approximate surface area is 290 Å². The van der Waals surface area contributed by atoms with Crippen molar-refractivity contribution in [1.82, 2.24) is 29.5 Å². The van der Waals surface area contributed by atoms with E-state index in [1.165, 1.54) is 30.0 Å². The first-order chi connectivity index (χ1) is 23.9. The number of hydrogen-bond acceptors (Lipinski definition) is 9. The summed E-state index contributed by atoms with van der Waals surface area (Å²) in [6.07, 6.45) is 7.41. The molecule has 3 amide bonds. The Hall–Kier alpha value is -4.56. The molecule has 0 atom stereocenters. The molecule has 0 aromatic carbocycles. The molecule has 2 aliphatic heterocycles. The van der Waals surface area contributed by atoms with Crippen molar-refractivity contribution in [3.8, 4) is 11.5 Å². The van der Waals surface area contributed by atoms with Gasteiger partial charge in [0.1, 0.15) is 17.7 Å². The quantitative estimate of drug-likeness (QED) is 0.228. The summed E-state index contributed by atoms with van der Waals surface area (Å²) >= 11 is 0. The number of amides is 3. The predicted octanol–water partition coefficient (Wildman–Crippen LogP) is 6.54. The summed E-state index contributed by atoms with van der Waals surface area (Å²) in [4.78, 5) is 50.6. The SMILES string of the molecule is CC(C)(C)OC(=O)N1CCC(CCC(=O)N2CCC(n3cc(NC(=O)c4coc(-c5ccnc(NCC6CC6)c5)n4)c(C(F)F)n3)CC2)CC1. The lowest BCUT2D eigenvalue weighted by atomic mass is 9.92. The number of piperidine rings is 2. The van der Waals surface area contributed by atoms with Crippen LogP contribution in [0.5, 0.6) is 0 Å². The number of pyridine rings is 1. The molecule has 0 spiro atoms. The van der Waals surface area contributed by atoms with Gasteiger partial charge in [-0.2, -0.15) is 5.10 Å². The van der Waals surface area contributed by atoms with E-state index in [1.807, 2.05) is 25.7 Å². The molecule has 3 aliphatic rings. The number of carbonyl (C=O) groups excluding carboxylic acids is 3. The zero-order valence-electron chi connectivity index (χ0n) is 28.9. The summed E-state index contributed by atoms with van der Waals surface area (Å²) in [5, 5.41) is 9.96. The van der Waals surface area contributed by atoms with Gasteiger partial charge >= 0.3 is 6.09 Å². The molecule has 2 saturated heterocycles. The van der Waals surface area contributed by atoms with Gasteiger partial charge in [0.25, 0.3) is 12.3 Å². The fourth-order valence-corrected chi connectivity index (χ4v) is 6.37. The number of nitrogens with zero attached hydrogens (tertiary/aromatic N) is 6. The van der Waals surface area contributed by atoms with Crippen molar-refractivity contribution in [3.05, 3.63) is 42.2 Å². The number of ether oxygens (including phenoxy) is 1. The average Bonchev–Trinajstić information content (AvgIpc) is 3.61. The highest BCUT2D eigenvalue weighted by atomic mass is 19.3. The van der Waals surface area contributed by atoms with Gasteiger partial charge in [-0.05, 0) is 89.7 Å². The first-order valence-electron chi connectivity index (χ1n) is 17.5. The van der Waals surface area contributed by atoms with E-state index in [0.29, 0.717) is 68.7 Å². The first-order valence-corrected chi connectivity index (χ1v) is 17.5. The van der Waals surface area contributed by atoms with E-state index in [0.717, 1.165) is 25.8 Å². The van der Waals surface area contributed by atoms with Crippen LogP contribution in [0.2, 0.25) is 0 Å². The summed E-state index contributed by atoms with van der Waals surface area (Å²) in [7, 11) is 0. The number of hydrogen-bond donors (Lipinski definition) is 2. The van der Waals surface area contributed by atoms with Crippen LogP contribution in [0, 0.1) is 11.8 Å². The molecule has 0 bridgehead atoms. The fraction of sp³-hybridized carbons (Fsp3) is 0.600. The monoisotopic (exact) mass is 696 g/mol. The van der Waals surface area contributed by atoms with Crippen LogP contribution in [0.15, 0.2) is 35.2 Å². The number of oxazole rings is 1. The molecule has 13 nitrogen and oxygen atoms in total. The van der Waals surface area contributed by atoms with E-state index in [4.69, 9.17) is 9.15 Å². The van der Waals surface area contributed by atoms with Gasteiger partial charge in [0, 0.05) is 57.1 Å². The van der Waals surface area contributed by atoms with Gasteiger partial charge < -0.3 is 29.6 Å². The number of nitrogens with one attached hydrogen (secondary N) is 2. The highest BCUT2D eigenvalue weighted by Gasteiger charge is 2.30. The lowest BCUT2D eigenvalue weighted by molar-refractivity contribution is -0.133. The molecule has 3 aromatic rings. The molecular formula is C35H46F2N8O5. The van der Waals surface area contributed by atoms with Gasteiger partial charge in [-0.3, -0.25) is 14.3 Å². The second kappa shape index (κ2) is 15.1. The second-order valence-corrected chi connectivity index (χ2v) is 14.5. The molecule has 5 heterocycles. The van der Waals surface area contributed by atoms with Crippen LogP contribution in [0.1, 0.15) is 101 Å². The maximum Gasteiger partial charge on any atom is 0.410 e. The lowest BCUT2D eigenvalue weighted by Gasteiger charge is -2.34. The summed E-state index contributed by atoms with van der Waals surface area (Å²) in [6, 6.07) is 3.30. The Bertz CT molecular complexity index is 1650. The molecule has 3 fully saturated rings. The van der Waals surface area contributed by atoms with Gasteiger partial charge in [-0.1, -0.05) is 0 Å². The van der Waals surface area contributed by atoms with Crippen LogP contribution in [0.3, 0.4) is 0 Å². The Balaban J connectivity index is 0.980. The summed E-state index contributed by atoms with van der Waals surface area (Å²) in [5.41, 5.74) is -0.585. The van der Waals surface area contributed by atoms with Gasteiger partial charge in [-0.25, -0.2) is 23.5 Å².